The van der Waals surface area contributed by atoms with Gasteiger partial charge in [-0.2, -0.15) is 0 Å². The van der Waals surface area contributed by atoms with Gasteiger partial charge in [0.25, 0.3) is 0 Å². The number of ether oxygens (including phenoxy) is 2. The van der Waals surface area contributed by atoms with Crippen molar-refractivity contribution in [3.05, 3.63) is 36.0 Å². The van der Waals surface area contributed by atoms with Crippen molar-refractivity contribution in [1.82, 2.24) is 10.3 Å². The number of rotatable bonds is 3. The molecule has 1 aromatic heterocycles. The van der Waals surface area contributed by atoms with Gasteiger partial charge in [-0.15, -0.1) is 0 Å². The highest BCUT2D eigenvalue weighted by atomic mass is 16.5. The summed E-state index contributed by atoms with van der Waals surface area (Å²) in [6.45, 7) is 3.41. The zero-order chi connectivity index (χ0) is 13.9. The number of aryl methyl sites for hydroxylation is 1. The van der Waals surface area contributed by atoms with E-state index >= 15 is 0 Å². The molecule has 1 aliphatic heterocycles. The Balaban J connectivity index is 1.91. The molecule has 3 rings (SSSR count). The molecule has 1 fully saturated rings. The SMILES string of the molecule is CNC1CCOCC1Oc1cccc2ccc(C)nc12. The highest BCUT2D eigenvalue weighted by molar-refractivity contribution is 5.84. The van der Waals surface area contributed by atoms with E-state index < -0.39 is 0 Å². The van der Waals surface area contributed by atoms with Crippen LogP contribution in [0.2, 0.25) is 0 Å². The van der Waals surface area contributed by atoms with Crippen molar-refractivity contribution in [2.45, 2.75) is 25.5 Å². The number of aromatic nitrogens is 1. The lowest BCUT2D eigenvalue weighted by Gasteiger charge is -2.31. The van der Waals surface area contributed by atoms with E-state index in [0.29, 0.717) is 12.6 Å². The second kappa shape index (κ2) is 5.77. The Labute approximate surface area is 119 Å². The lowest BCUT2D eigenvalue weighted by Crippen LogP contribution is -2.48. The van der Waals surface area contributed by atoms with Crippen molar-refractivity contribution >= 4 is 10.9 Å². The quantitative estimate of drug-likeness (QED) is 0.931. The van der Waals surface area contributed by atoms with E-state index in [1.807, 2.05) is 32.2 Å². The molecule has 1 aromatic carbocycles. The lowest BCUT2D eigenvalue weighted by atomic mass is 10.1. The first-order valence-electron chi connectivity index (χ1n) is 7.06. The number of para-hydroxylation sites is 1. The largest absolute Gasteiger partial charge is 0.484 e. The van der Waals surface area contributed by atoms with Gasteiger partial charge in [0.05, 0.1) is 6.61 Å². The van der Waals surface area contributed by atoms with E-state index in [1.165, 1.54) is 0 Å². The van der Waals surface area contributed by atoms with Crippen molar-refractivity contribution in [3.8, 4) is 5.75 Å². The van der Waals surface area contributed by atoms with Crippen LogP contribution in [0.1, 0.15) is 12.1 Å². The molecule has 20 heavy (non-hydrogen) atoms. The minimum Gasteiger partial charge on any atom is -0.484 e. The van der Waals surface area contributed by atoms with Crippen LogP contribution < -0.4 is 10.1 Å². The molecule has 4 heteroatoms. The van der Waals surface area contributed by atoms with Gasteiger partial charge in [0, 0.05) is 23.7 Å². The second-order valence-corrected chi connectivity index (χ2v) is 5.20. The smallest absolute Gasteiger partial charge is 0.146 e. The van der Waals surface area contributed by atoms with Gasteiger partial charge in [0.15, 0.2) is 0 Å². The maximum absolute atomic E-state index is 6.18. The van der Waals surface area contributed by atoms with Crippen molar-refractivity contribution in [2.24, 2.45) is 0 Å². The average Bonchev–Trinajstić information content (AvgIpc) is 2.48. The fourth-order valence-corrected chi connectivity index (χ4v) is 2.63. The van der Waals surface area contributed by atoms with Crippen LogP contribution in [0.4, 0.5) is 0 Å². The van der Waals surface area contributed by atoms with Crippen LogP contribution in [0.5, 0.6) is 5.75 Å². The standard InChI is InChI=1S/C16H20N2O2/c1-11-6-7-12-4-3-5-14(16(12)18-11)20-15-10-19-9-8-13(15)17-2/h3-7,13,15,17H,8-10H2,1-2H3. The van der Waals surface area contributed by atoms with E-state index in [-0.39, 0.29) is 6.10 Å². The van der Waals surface area contributed by atoms with E-state index in [4.69, 9.17) is 9.47 Å². The molecule has 4 nitrogen and oxygen atoms in total. The van der Waals surface area contributed by atoms with E-state index in [2.05, 4.69) is 22.4 Å². The monoisotopic (exact) mass is 272 g/mol. The van der Waals surface area contributed by atoms with Gasteiger partial charge in [0.2, 0.25) is 0 Å². The molecule has 1 aliphatic rings. The predicted molar refractivity (Wildman–Crippen MR) is 79.2 cm³/mol. The molecule has 2 aromatic rings. The topological polar surface area (TPSA) is 43.4 Å². The Bertz CT molecular complexity index is 600. The Kier molecular flexibility index (Phi) is 3.85. The van der Waals surface area contributed by atoms with Crippen LogP contribution in [-0.2, 0) is 4.74 Å². The molecule has 0 saturated carbocycles. The number of fused-ring (bicyclic) bond motifs is 1. The van der Waals surface area contributed by atoms with Gasteiger partial charge in [-0.05, 0) is 32.5 Å². The molecule has 2 heterocycles. The Morgan fingerprint density at radius 2 is 2.20 bits per heavy atom. The van der Waals surface area contributed by atoms with Gasteiger partial charge in [-0.1, -0.05) is 18.2 Å². The van der Waals surface area contributed by atoms with Gasteiger partial charge < -0.3 is 14.8 Å². The highest BCUT2D eigenvalue weighted by Gasteiger charge is 2.26. The number of benzene rings is 1. The summed E-state index contributed by atoms with van der Waals surface area (Å²) in [5.74, 6) is 0.835. The Morgan fingerprint density at radius 1 is 1.30 bits per heavy atom. The first kappa shape index (κ1) is 13.3. The number of pyridine rings is 1. The van der Waals surface area contributed by atoms with Crippen LogP contribution in [0, 0.1) is 6.92 Å². The van der Waals surface area contributed by atoms with Gasteiger partial charge in [-0.25, -0.2) is 4.98 Å². The molecule has 106 valence electrons. The van der Waals surface area contributed by atoms with Crippen molar-refractivity contribution < 1.29 is 9.47 Å². The molecule has 0 bridgehead atoms. The summed E-state index contributed by atoms with van der Waals surface area (Å²) in [4.78, 5) is 4.61. The summed E-state index contributed by atoms with van der Waals surface area (Å²) in [5, 5.41) is 4.41. The third-order valence-electron chi connectivity index (χ3n) is 3.78. The number of nitrogens with zero attached hydrogens (tertiary/aromatic N) is 1. The average molecular weight is 272 g/mol. The van der Waals surface area contributed by atoms with E-state index in [1.54, 1.807) is 0 Å². The molecule has 1 N–H and O–H groups in total. The summed E-state index contributed by atoms with van der Waals surface area (Å²) in [6.07, 6.45) is 1.000. The number of nitrogens with one attached hydrogen (secondary N) is 1. The molecule has 0 radical (unpaired) electrons. The first-order valence-corrected chi connectivity index (χ1v) is 7.06. The van der Waals surface area contributed by atoms with Gasteiger partial charge in [-0.3, -0.25) is 0 Å². The van der Waals surface area contributed by atoms with Crippen molar-refractivity contribution in [1.29, 1.82) is 0 Å². The summed E-state index contributed by atoms with van der Waals surface area (Å²) < 4.78 is 11.7. The van der Waals surface area contributed by atoms with E-state index in [9.17, 15) is 0 Å². The predicted octanol–water partition coefficient (Wildman–Crippen LogP) is 2.30. The molecular formula is C16H20N2O2. The molecule has 0 aliphatic carbocycles. The third kappa shape index (κ3) is 2.62. The summed E-state index contributed by atoms with van der Waals surface area (Å²) in [5.41, 5.74) is 1.92. The molecule has 1 saturated heterocycles. The molecule has 0 amide bonds. The zero-order valence-electron chi connectivity index (χ0n) is 11.9. The summed E-state index contributed by atoms with van der Waals surface area (Å²) >= 11 is 0. The summed E-state index contributed by atoms with van der Waals surface area (Å²) in [6, 6.07) is 10.5. The molecule has 0 spiro atoms. The van der Waals surface area contributed by atoms with E-state index in [0.717, 1.165) is 35.4 Å². The van der Waals surface area contributed by atoms with Gasteiger partial charge >= 0.3 is 0 Å². The molecule has 2 atom stereocenters. The fraction of sp³-hybridized carbons (Fsp3) is 0.438. The minimum absolute atomic E-state index is 0.0293. The Morgan fingerprint density at radius 3 is 3.05 bits per heavy atom. The zero-order valence-corrected chi connectivity index (χ0v) is 11.9. The van der Waals surface area contributed by atoms with Crippen molar-refractivity contribution in [2.75, 3.05) is 20.3 Å². The normalized spacial score (nSPS) is 22.9. The van der Waals surface area contributed by atoms with Crippen LogP contribution in [0.3, 0.4) is 0 Å². The maximum Gasteiger partial charge on any atom is 0.146 e. The summed E-state index contributed by atoms with van der Waals surface area (Å²) in [7, 11) is 1.97. The third-order valence-corrected chi connectivity index (χ3v) is 3.78. The first-order chi connectivity index (χ1) is 9.78. The Hall–Kier alpha value is -1.65. The molecule has 2 unspecified atom stereocenters. The van der Waals surface area contributed by atoms with Crippen LogP contribution >= 0.6 is 0 Å². The number of hydrogen-bond acceptors (Lipinski definition) is 4. The van der Waals surface area contributed by atoms with Crippen LogP contribution in [0.25, 0.3) is 10.9 Å². The van der Waals surface area contributed by atoms with Crippen molar-refractivity contribution in [3.63, 3.8) is 0 Å². The second-order valence-electron chi connectivity index (χ2n) is 5.20. The van der Waals surface area contributed by atoms with Gasteiger partial charge in [0.1, 0.15) is 17.4 Å². The molecular weight excluding hydrogens is 252 g/mol. The fourth-order valence-electron chi connectivity index (χ4n) is 2.63. The lowest BCUT2D eigenvalue weighted by molar-refractivity contribution is -0.0123. The number of likely N-dealkylation sites (N-methyl/N-ethyl adjacent to an activating group) is 1. The van der Waals surface area contributed by atoms with Crippen LogP contribution in [0.15, 0.2) is 30.3 Å². The minimum atomic E-state index is 0.0293. The maximum atomic E-state index is 6.18. The van der Waals surface area contributed by atoms with Crippen LogP contribution in [-0.4, -0.2) is 37.4 Å². The number of hydrogen-bond donors (Lipinski definition) is 1. The highest BCUT2D eigenvalue weighted by Crippen LogP contribution is 2.26.